The standard InChI is InChI=1S/C21H22N4O4S3/c1-2-3-13-29-18-7-5-4-6-17(18)19(26)24-20(30)23-15-8-10-16(11-9-15)32(27,28)25-21-22-12-14-31-21/h4-12,14H,2-3,13H2,1H3,(H,22,25)(H2,23,24,26,30). The molecule has 0 radical (unpaired) electrons. The number of hydrogen-bond acceptors (Lipinski definition) is 7. The van der Waals surface area contributed by atoms with E-state index in [4.69, 9.17) is 17.0 Å². The van der Waals surface area contributed by atoms with Crippen LogP contribution >= 0.6 is 23.6 Å². The highest BCUT2D eigenvalue weighted by Gasteiger charge is 2.16. The second kappa shape index (κ2) is 11.0. The molecule has 0 aliphatic rings. The SMILES string of the molecule is CCCCOc1ccccc1C(=O)NC(=S)Nc1ccc(S(=O)(=O)Nc2nccs2)cc1. The molecule has 1 amide bonds. The van der Waals surface area contributed by atoms with E-state index >= 15 is 0 Å². The minimum Gasteiger partial charge on any atom is -0.493 e. The zero-order valence-electron chi connectivity index (χ0n) is 17.2. The van der Waals surface area contributed by atoms with Crippen LogP contribution in [0.1, 0.15) is 30.1 Å². The Balaban J connectivity index is 1.60. The minimum atomic E-state index is -3.74. The summed E-state index contributed by atoms with van der Waals surface area (Å²) in [7, 11) is -3.74. The van der Waals surface area contributed by atoms with E-state index in [-0.39, 0.29) is 15.1 Å². The number of aromatic nitrogens is 1. The molecule has 2 aromatic carbocycles. The Morgan fingerprint density at radius 1 is 1.16 bits per heavy atom. The molecule has 0 unspecified atom stereocenters. The number of benzene rings is 2. The molecule has 0 aliphatic heterocycles. The third-order valence-electron chi connectivity index (χ3n) is 4.19. The van der Waals surface area contributed by atoms with Crippen molar-refractivity contribution in [1.29, 1.82) is 0 Å². The van der Waals surface area contributed by atoms with E-state index in [1.807, 2.05) is 0 Å². The fraction of sp³-hybridized carbons (Fsp3) is 0.190. The highest BCUT2D eigenvalue weighted by molar-refractivity contribution is 7.93. The first-order chi connectivity index (χ1) is 15.4. The summed E-state index contributed by atoms with van der Waals surface area (Å²) in [6.45, 7) is 2.58. The second-order valence-corrected chi connectivity index (χ2v) is 9.56. The number of sulfonamides is 1. The smallest absolute Gasteiger partial charge is 0.263 e. The molecule has 1 aromatic heterocycles. The second-order valence-electron chi connectivity index (χ2n) is 6.57. The third-order valence-corrected chi connectivity index (χ3v) is 6.57. The number of anilines is 2. The van der Waals surface area contributed by atoms with Crippen LogP contribution in [0.5, 0.6) is 5.75 Å². The van der Waals surface area contributed by atoms with Crippen LogP contribution in [0.25, 0.3) is 0 Å². The van der Waals surface area contributed by atoms with Gasteiger partial charge in [0.15, 0.2) is 10.2 Å². The van der Waals surface area contributed by atoms with Crippen LogP contribution in [0.3, 0.4) is 0 Å². The Morgan fingerprint density at radius 3 is 2.59 bits per heavy atom. The van der Waals surface area contributed by atoms with Gasteiger partial charge in [0.2, 0.25) is 0 Å². The Labute approximate surface area is 196 Å². The molecule has 8 nitrogen and oxygen atoms in total. The lowest BCUT2D eigenvalue weighted by Crippen LogP contribution is -2.34. The summed E-state index contributed by atoms with van der Waals surface area (Å²) in [6, 6.07) is 12.9. The number of nitrogens with one attached hydrogen (secondary N) is 3. The van der Waals surface area contributed by atoms with Gasteiger partial charge in [-0.2, -0.15) is 0 Å². The third kappa shape index (κ3) is 6.49. The fourth-order valence-corrected chi connectivity index (χ4v) is 4.60. The summed E-state index contributed by atoms with van der Waals surface area (Å²) >= 11 is 6.41. The van der Waals surface area contributed by atoms with Crippen molar-refractivity contribution in [2.24, 2.45) is 0 Å². The van der Waals surface area contributed by atoms with Gasteiger partial charge < -0.3 is 10.1 Å². The van der Waals surface area contributed by atoms with Gasteiger partial charge in [-0.15, -0.1) is 11.3 Å². The Morgan fingerprint density at radius 2 is 1.91 bits per heavy atom. The van der Waals surface area contributed by atoms with Crippen molar-refractivity contribution < 1.29 is 17.9 Å². The van der Waals surface area contributed by atoms with Crippen molar-refractivity contribution in [3.63, 3.8) is 0 Å². The molecule has 0 bridgehead atoms. The van der Waals surface area contributed by atoms with Gasteiger partial charge in [0.25, 0.3) is 15.9 Å². The van der Waals surface area contributed by atoms with Crippen molar-refractivity contribution >= 4 is 55.4 Å². The van der Waals surface area contributed by atoms with Crippen LogP contribution < -0.4 is 20.1 Å². The molecule has 11 heteroatoms. The van der Waals surface area contributed by atoms with Crippen molar-refractivity contribution in [1.82, 2.24) is 10.3 Å². The van der Waals surface area contributed by atoms with Crippen molar-refractivity contribution in [2.45, 2.75) is 24.7 Å². The number of nitrogens with zero attached hydrogens (tertiary/aromatic N) is 1. The highest BCUT2D eigenvalue weighted by Crippen LogP contribution is 2.20. The number of thiocarbonyl (C=S) groups is 1. The topological polar surface area (TPSA) is 109 Å². The lowest BCUT2D eigenvalue weighted by molar-refractivity contribution is 0.0973. The minimum absolute atomic E-state index is 0.0753. The van der Waals surface area contributed by atoms with Crippen LogP contribution in [0.2, 0.25) is 0 Å². The van der Waals surface area contributed by atoms with Gasteiger partial charge >= 0.3 is 0 Å². The van der Waals surface area contributed by atoms with Gasteiger partial charge in [0.05, 0.1) is 17.1 Å². The van der Waals surface area contributed by atoms with Crippen molar-refractivity contribution in [3.8, 4) is 5.75 Å². The van der Waals surface area contributed by atoms with E-state index < -0.39 is 15.9 Å². The van der Waals surface area contributed by atoms with E-state index in [1.165, 1.54) is 29.7 Å². The number of ether oxygens (including phenoxy) is 1. The molecular formula is C21H22N4O4S3. The number of thiazole rings is 1. The van der Waals surface area contributed by atoms with Gasteiger partial charge in [-0.25, -0.2) is 13.4 Å². The molecule has 32 heavy (non-hydrogen) atoms. The number of unbranched alkanes of at least 4 members (excludes halogenated alkanes) is 1. The van der Waals surface area contributed by atoms with Gasteiger partial charge in [-0.05, 0) is 55.0 Å². The zero-order valence-corrected chi connectivity index (χ0v) is 19.6. The van der Waals surface area contributed by atoms with Gasteiger partial charge in [-0.3, -0.25) is 14.8 Å². The predicted molar refractivity (Wildman–Crippen MR) is 130 cm³/mol. The quantitative estimate of drug-likeness (QED) is 0.304. The maximum absolute atomic E-state index is 12.6. The monoisotopic (exact) mass is 490 g/mol. The van der Waals surface area contributed by atoms with E-state index in [0.717, 1.165) is 12.8 Å². The molecule has 3 N–H and O–H groups in total. The van der Waals surface area contributed by atoms with Gasteiger partial charge in [-0.1, -0.05) is 25.5 Å². The Bertz CT molecular complexity index is 1160. The van der Waals surface area contributed by atoms with Gasteiger partial charge in [0.1, 0.15) is 5.75 Å². The fourth-order valence-electron chi connectivity index (χ4n) is 2.60. The van der Waals surface area contributed by atoms with E-state index in [2.05, 4.69) is 27.3 Å². The van der Waals surface area contributed by atoms with E-state index in [0.29, 0.717) is 23.6 Å². The largest absolute Gasteiger partial charge is 0.493 e. The molecule has 3 aromatic rings. The molecule has 0 atom stereocenters. The number of para-hydroxylation sites is 1. The first-order valence-corrected chi connectivity index (χ1v) is 12.5. The Hall–Kier alpha value is -3.02. The van der Waals surface area contributed by atoms with Crippen LogP contribution in [0.15, 0.2) is 65.0 Å². The average molecular weight is 491 g/mol. The number of rotatable bonds is 9. The summed E-state index contributed by atoms with van der Waals surface area (Å²) in [4.78, 5) is 16.6. The van der Waals surface area contributed by atoms with E-state index in [9.17, 15) is 13.2 Å². The van der Waals surface area contributed by atoms with Crippen LogP contribution in [-0.2, 0) is 10.0 Å². The molecule has 168 valence electrons. The normalized spacial score (nSPS) is 10.9. The predicted octanol–water partition coefficient (Wildman–Crippen LogP) is 4.25. The molecule has 1 heterocycles. The van der Waals surface area contributed by atoms with Gasteiger partial charge in [0, 0.05) is 17.3 Å². The zero-order chi connectivity index (χ0) is 23.0. The first kappa shape index (κ1) is 23.6. The molecule has 3 rings (SSSR count). The molecule has 0 spiro atoms. The van der Waals surface area contributed by atoms with Crippen LogP contribution in [-0.4, -0.2) is 31.0 Å². The maximum Gasteiger partial charge on any atom is 0.263 e. The summed E-state index contributed by atoms with van der Waals surface area (Å²) in [6.07, 6.45) is 3.39. The molecule has 0 saturated carbocycles. The lowest BCUT2D eigenvalue weighted by Gasteiger charge is -2.13. The number of amides is 1. The van der Waals surface area contributed by atoms with Crippen molar-refractivity contribution in [3.05, 3.63) is 65.7 Å². The Kier molecular flexibility index (Phi) is 8.14. The number of carbonyl (C=O) groups excluding carboxylic acids is 1. The van der Waals surface area contributed by atoms with Crippen molar-refractivity contribution in [2.75, 3.05) is 16.6 Å². The summed E-state index contributed by atoms with van der Waals surface area (Å²) in [5.41, 5.74) is 0.901. The molecule has 0 fully saturated rings. The molecule has 0 aliphatic carbocycles. The molecular weight excluding hydrogens is 468 g/mol. The maximum atomic E-state index is 12.6. The number of hydrogen-bond donors (Lipinski definition) is 3. The number of carbonyl (C=O) groups is 1. The summed E-state index contributed by atoms with van der Waals surface area (Å²) < 4.78 is 32.9. The average Bonchev–Trinajstić information content (AvgIpc) is 3.27. The first-order valence-electron chi connectivity index (χ1n) is 9.75. The molecule has 0 saturated heterocycles. The summed E-state index contributed by atoms with van der Waals surface area (Å²) in [5.74, 6) is 0.0879. The van der Waals surface area contributed by atoms with Crippen LogP contribution in [0.4, 0.5) is 10.8 Å². The van der Waals surface area contributed by atoms with E-state index in [1.54, 1.807) is 41.8 Å². The summed E-state index contributed by atoms with van der Waals surface area (Å²) in [5, 5.41) is 7.53. The van der Waals surface area contributed by atoms with Crippen LogP contribution in [0, 0.1) is 0 Å². The highest BCUT2D eigenvalue weighted by atomic mass is 32.2. The lowest BCUT2D eigenvalue weighted by atomic mass is 10.2.